The van der Waals surface area contributed by atoms with Gasteiger partial charge in [-0.25, -0.2) is 0 Å². The number of Topliss-reactive ketones (excluding diaryl/α,β-unsaturated/α-hetero) is 1. The molecule has 2 rings (SSSR count). The van der Waals surface area contributed by atoms with E-state index in [0.29, 0.717) is 11.1 Å². The van der Waals surface area contributed by atoms with E-state index in [1.54, 1.807) is 36.4 Å². The molecule has 2 nitrogen and oxygen atoms in total. The number of hydrogen-bond donors (Lipinski definition) is 1. The molecule has 2 aromatic carbocycles. The van der Waals surface area contributed by atoms with Crippen LogP contribution in [0.3, 0.4) is 0 Å². The van der Waals surface area contributed by atoms with Gasteiger partial charge in [-0.3, -0.25) is 4.79 Å². The van der Waals surface area contributed by atoms with Crippen LogP contribution in [0, 0.1) is 0 Å². The molecule has 0 saturated carbocycles. The van der Waals surface area contributed by atoms with Crippen LogP contribution in [0.5, 0.6) is 0 Å². The van der Waals surface area contributed by atoms with Crippen molar-refractivity contribution in [2.75, 3.05) is 0 Å². The number of allylic oxidation sites excluding steroid dienone is 2. The summed E-state index contributed by atoms with van der Waals surface area (Å²) in [5.41, 5.74) is 1.85. The van der Waals surface area contributed by atoms with Gasteiger partial charge in [0.25, 0.3) is 0 Å². The first kappa shape index (κ1) is 14.0. The van der Waals surface area contributed by atoms with Crippen molar-refractivity contribution in [1.29, 1.82) is 0 Å². The van der Waals surface area contributed by atoms with Crippen LogP contribution in [-0.4, -0.2) is 17.0 Å². The minimum atomic E-state index is -1.20. The molecule has 0 heterocycles. The van der Waals surface area contributed by atoms with Crippen molar-refractivity contribution in [3.63, 3.8) is 0 Å². The van der Waals surface area contributed by atoms with Gasteiger partial charge in [-0.05, 0) is 11.1 Å². The normalized spacial score (nSPS) is 12.8. The van der Waals surface area contributed by atoms with E-state index in [4.69, 9.17) is 0 Å². The van der Waals surface area contributed by atoms with Crippen molar-refractivity contribution < 1.29 is 9.90 Å². The third kappa shape index (κ3) is 3.11. The Labute approximate surface area is 118 Å². The number of hydrogen-bond acceptors (Lipinski definition) is 2. The Balaban J connectivity index is 2.34. The summed E-state index contributed by atoms with van der Waals surface area (Å²) in [6.07, 6.45) is 2.04. The van der Waals surface area contributed by atoms with Crippen LogP contribution < -0.4 is 0 Å². The second kappa shape index (κ2) is 6.64. The first-order valence-corrected chi connectivity index (χ1v) is 6.39. The molecule has 0 aliphatic rings. The quantitative estimate of drug-likeness (QED) is 0.663. The van der Waals surface area contributed by atoms with Gasteiger partial charge in [-0.1, -0.05) is 79.4 Å². The summed E-state index contributed by atoms with van der Waals surface area (Å²) in [6, 6.07) is 18.1. The van der Waals surface area contributed by atoms with E-state index in [1.807, 2.05) is 36.4 Å². The van der Waals surface area contributed by atoms with E-state index < -0.39 is 6.10 Å². The van der Waals surface area contributed by atoms with Gasteiger partial charge < -0.3 is 5.11 Å². The minimum absolute atomic E-state index is 0.317. The number of aliphatic hydroxyl groups is 1. The Morgan fingerprint density at radius 2 is 1.45 bits per heavy atom. The molecule has 1 unspecified atom stereocenters. The summed E-state index contributed by atoms with van der Waals surface area (Å²) in [4.78, 5) is 12.3. The highest BCUT2D eigenvalue weighted by atomic mass is 16.3. The first-order valence-electron chi connectivity index (χ1n) is 6.39. The zero-order valence-corrected chi connectivity index (χ0v) is 11.1. The largest absolute Gasteiger partial charge is 0.380 e. The lowest BCUT2D eigenvalue weighted by Crippen LogP contribution is -2.22. The summed E-state index contributed by atoms with van der Waals surface area (Å²) < 4.78 is 0. The Morgan fingerprint density at radius 3 is 1.95 bits per heavy atom. The number of carbonyl (C=O) groups excluding carboxylic acids is 1. The summed E-state index contributed by atoms with van der Waals surface area (Å²) >= 11 is 0. The predicted octanol–water partition coefficient (Wildman–Crippen LogP) is 3.50. The van der Waals surface area contributed by atoms with E-state index in [9.17, 15) is 9.90 Å². The molecule has 1 atom stereocenters. The Kier molecular flexibility index (Phi) is 4.64. The molecule has 0 radical (unpaired) electrons. The van der Waals surface area contributed by atoms with Crippen LogP contribution in [0.25, 0.3) is 5.57 Å². The van der Waals surface area contributed by atoms with Crippen LogP contribution in [0.1, 0.15) is 15.9 Å². The van der Waals surface area contributed by atoms with E-state index in [-0.39, 0.29) is 5.78 Å². The Morgan fingerprint density at radius 1 is 0.950 bits per heavy atom. The molecular formula is C18H16O2. The highest BCUT2D eigenvalue weighted by Gasteiger charge is 2.21. The lowest BCUT2D eigenvalue weighted by molar-refractivity contribution is 0.0833. The molecule has 0 spiro atoms. The Hall–Kier alpha value is -2.45. The summed E-state index contributed by atoms with van der Waals surface area (Å²) in [5.74, 6) is -0.317. The van der Waals surface area contributed by atoms with Crippen LogP contribution in [0.2, 0.25) is 0 Å². The van der Waals surface area contributed by atoms with Crippen LogP contribution >= 0.6 is 0 Å². The van der Waals surface area contributed by atoms with Gasteiger partial charge in [0, 0.05) is 5.56 Å². The standard InChI is InChI=1S/C18H16O2/c1-2-9-16(14-10-5-3-6-11-14)18(20)17(19)15-12-7-4-8-13-15/h2-13,18,20H,1H2/b16-9+. The van der Waals surface area contributed by atoms with Gasteiger partial charge in [-0.15, -0.1) is 0 Å². The van der Waals surface area contributed by atoms with E-state index in [0.717, 1.165) is 5.56 Å². The molecular weight excluding hydrogens is 248 g/mol. The molecule has 0 fully saturated rings. The highest BCUT2D eigenvalue weighted by molar-refractivity contribution is 6.06. The monoisotopic (exact) mass is 264 g/mol. The Bertz CT molecular complexity index is 612. The van der Waals surface area contributed by atoms with Gasteiger partial charge in [0.05, 0.1) is 0 Å². The maximum atomic E-state index is 12.3. The number of carbonyl (C=O) groups is 1. The van der Waals surface area contributed by atoms with E-state index >= 15 is 0 Å². The fourth-order valence-electron chi connectivity index (χ4n) is 2.00. The van der Waals surface area contributed by atoms with Crippen molar-refractivity contribution in [1.82, 2.24) is 0 Å². The topological polar surface area (TPSA) is 37.3 Å². The van der Waals surface area contributed by atoms with Gasteiger partial charge in [-0.2, -0.15) is 0 Å². The van der Waals surface area contributed by atoms with Gasteiger partial charge >= 0.3 is 0 Å². The molecule has 0 saturated heterocycles. The van der Waals surface area contributed by atoms with E-state index in [2.05, 4.69) is 6.58 Å². The van der Waals surface area contributed by atoms with Crippen LogP contribution in [-0.2, 0) is 0 Å². The molecule has 0 bridgehead atoms. The molecule has 100 valence electrons. The van der Waals surface area contributed by atoms with Gasteiger partial charge in [0.2, 0.25) is 0 Å². The number of benzene rings is 2. The van der Waals surface area contributed by atoms with Gasteiger partial charge in [0.1, 0.15) is 6.10 Å². The zero-order valence-electron chi connectivity index (χ0n) is 11.1. The fraction of sp³-hybridized carbons (Fsp3) is 0.0556. The summed E-state index contributed by atoms with van der Waals surface area (Å²) in [6.45, 7) is 3.64. The average molecular weight is 264 g/mol. The number of rotatable bonds is 5. The van der Waals surface area contributed by atoms with Crippen molar-refractivity contribution >= 4 is 11.4 Å². The van der Waals surface area contributed by atoms with E-state index in [1.165, 1.54) is 0 Å². The molecule has 0 aromatic heterocycles. The first-order chi connectivity index (χ1) is 9.74. The predicted molar refractivity (Wildman–Crippen MR) is 81.4 cm³/mol. The smallest absolute Gasteiger partial charge is 0.195 e. The number of aliphatic hydroxyl groups excluding tert-OH is 1. The van der Waals surface area contributed by atoms with Crippen molar-refractivity contribution in [3.8, 4) is 0 Å². The van der Waals surface area contributed by atoms with Crippen LogP contribution in [0.15, 0.2) is 79.4 Å². The third-order valence-corrected chi connectivity index (χ3v) is 3.01. The molecule has 1 N–H and O–H groups in total. The van der Waals surface area contributed by atoms with Crippen molar-refractivity contribution in [2.24, 2.45) is 0 Å². The third-order valence-electron chi connectivity index (χ3n) is 3.01. The van der Waals surface area contributed by atoms with Crippen LogP contribution in [0.4, 0.5) is 0 Å². The molecule has 2 aromatic rings. The molecule has 0 aliphatic carbocycles. The zero-order chi connectivity index (χ0) is 14.4. The lowest BCUT2D eigenvalue weighted by atomic mass is 9.94. The van der Waals surface area contributed by atoms with Crippen molar-refractivity contribution in [2.45, 2.75) is 6.10 Å². The molecule has 0 amide bonds. The fourth-order valence-corrected chi connectivity index (χ4v) is 2.00. The maximum absolute atomic E-state index is 12.3. The summed E-state index contributed by atoms with van der Waals surface area (Å²) in [5, 5.41) is 10.3. The van der Waals surface area contributed by atoms with Crippen molar-refractivity contribution in [3.05, 3.63) is 90.5 Å². The van der Waals surface area contributed by atoms with Gasteiger partial charge in [0.15, 0.2) is 5.78 Å². The molecule has 0 aliphatic heterocycles. The molecule has 20 heavy (non-hydrogen) atoms. The number of ketones is 1. The lowest BCUT2D eigenvalue weighted by Gasteiger charge is -2.14. The highest BCUT2D eigenvalue weighted by Crippen LogP contribution is 2.21. The summed E-state index contributed by atoms with van der Waals surface area (Å²) in [7, 11) is 0. The molecule has 2 heteroatoms. The minimum Gasteiger partial charge on any atom is -0.380 e. The maximum Gasteiger partial charge on any atom is 0.195 e. The SMILES string of the molecule is C=C/C=C(\c1ccccc1)C(O)C(=O)c1ccccc1. The second-order valence-corrected chi connectivity index (χ2v) is 4.36. The average Bonchev–Trinajstić information content (AvgIpc) is 2.53. The second-order valence-electron chi connectivity index (χ2n) is 4.36.